The van der Waals surface area contributed by atoms with Gasteiger partial charge in [-0.3, -0.25) is 0 Å². The molecule has 0 aromatic rings. The van der Waals surface area contributed by atoms with Crippen molar-refractivity contribution in [2.45, 2.75) is 6.92 Å². The quantitative estimate of drug-likeness (QED) is 0.387. The summed E-state index contributed by atoms with van der Waals surface area (Å²) in [5, 5.41) is 8.89. The van der Waals surface area contributed by atoms with Crippen LogP contribution in [-0.2, 0) is 9.36 Å². The first-order valence-corrected chi connectivity index (χ1v) is 8.47. The topological polar surface area (TPSA) is 126 Å². The molecule has 0 N–H and O–H groups in total. The van der Waals surface area contributed by atoms with Gasteiger partial charge in [0.15, 0.2) is 0 Å². The minimum atomic E-state index is -5.39. The zero-order chi connectivity index (χ0) is 12.6. The molecule has 0 aromatic carbocycles. The molecular formula is C6H17CsO6P2. The molecule has 0 heterocycles. The zero-order valence-electron chi connectivity index (χ0n) is 11.8. The maximum Gasteiger partial charge on any atom is 1.00 e. The van der Waals surface area contributed by atoms with E-state index in [4.69, 9.17) is 29.1 Å². The fraction of sp³-hybridized carbons (Fsp3) is 0.833. The molecule has 0 fully saturated rings. The average molecular weight is 380 g/mol. The summed E-state index contributed by atoms with van der Waals surface area (Å²) in [6, 6.07) is 0. The van der Waals surface area contributed by atoms with E-state index in [1.807, 2.05) is 0 Å². The first kappa shape index (κ1) is 25.8. The predicted octanol–water partition coefficient (Wildman–Crippen LogP) is -5.32. The summed E-state index contributed by atoms with van der Waals surface area (Å²) in [4.78, 5) is 34.5. The number of carbonyl (C=O) groups excluding carboxylic acids is 1. The van der Waals surface area contributed by atoms with Gasteiger partial charge >= 0.3 is 71.7 Å². The van der Waals surface area contributed by atoms with E-state index in [1.54, 1.807) is 0 Å². The van der Waals surface area contributed by atoms with Crippen molar-refractivity contribution in [2.75, 3.05) is 26.7 Å². The summed E-state index contributed by atoms with van der Waals surface area (Å²) in [5.74, 6) is -1.08. The van der Waals surface area contributed by atoms with Crippen molar-refractivity contribution >= 4 is 21.1 Å². The predicted molar refractivity (Wildman–Crippen MR) is 51.1 cm³/mol. The maximum absolute atomic E-state index is 8.89. The summed E-state index contributed by atoms with van der Waals surface area (Å²) < 4.78 is 8.55. The van der Waals surface area contributed by atoms with Crippen LogP contribution in [0.4, 0.5) is 0 Å². The van der Waals surface area contributed by atoms with Crippen LogP contribution < -0.4 is 88.7 Å². The molecule has 88 valence electrons. The minimum absolute atomic E-state index is 0. The molecule has 9 heteroatoms. The molecule has 0 unspecified atom stereocenters. The number of hydrogen-bond acceptors (Lipinski definition) is 6. The molecule has 0 aliphatic rings. The van der Waals surface area contributed by atoms with Gasteiger partial charge in [-0.1, -0.05) is 0 Å². The standard InChI is InChI=1S/C4H12P.C2H4O2.Cs.H3O4P/c1-5(2,3)4;1-2(3)4;;1-5(2,3)4/h1-4H3;1H3,(H,3,4);;(H3,1,2,3,4)/q+1;;+1;/p-2. The zero-order valence-corrected chi connectivity index (χ0v) is 17.9. The Morgan fingerprint density at radius 1 is 1.13 bits per heavy atom. The van der Waals surface area contributed by atoms with Crippen molar-refractivity contribution < 1.29 is 101 Å². The van der Waals surface area contributed by atoms with Crippen molar-refractivity contribution in [2.24, 2.45) is 0 Å². The number of hydrogen-bond donors (Lipinski definition) is 0. The second kappa shape index (κ2) is 12.5. The molecule has 0 rings (SSSR count). The monoisotopic (exact) mass is 380 g/mol. The summed E-state index contributed by atoms with van der Waals surface area (Å²) in [5.41, 5.74) is 0. The van der Waals surface area contributed by atoms with Gasteiger partial charge in [0.1, 0.15) is 0 Å². The average Bonchev–Trinajstić information content (AvgIpc) is 1.45. The second-order valence-electron chi connectivity index (χ2n) is 3.62. The van der Waals surface area contributed by atoms with Crippen LogP contribution in [0.15, 0.2) is 0 Å². The Kier molecular flexibility index (Phi) is 21.5. The molecule has 0 bridgehead atoms. The number of carboxylic acid groups (broad SMARTS) is 1. The van der Waals surface area contributed by atoms with Crippen LogP contribution in [0.1, 0.15) is 9.78 Å². The first-order chi connectivity index (χ1) is 5.73. The van der Waals surface area contributed by atoms with Crippen LogP contribution in [0.5, 0.6) is 0 Å². The van der Waals surface area contributed by atoms with Crippen LogP contribution in [-0.4, -0.2) is 32.6 Å². The van der Waals surface area contributed by atoms with E-state index in [0.717, 1.165) is 6.92 Å². The molecule has 0 spiro atoms. The van der Waals surface area contributed by atoms with Crippen molar-refractivity contribution in [3.05, 3.63) is 0 Å². The van der Waals surface area contributed by atoms with Crippen molar-refractivity contribution in [1.82, 2.24) is 0 Å². The van der Waals surface area contributed by atoms with Crippen LogP contribution in [0.25, 0.3) is 0 Å². The van der Waals surface area contributed by atoms with E-state index in [0.29, 0.717) is 0 Å². The van der Waals surface area contributed by atoms with Gasteiger partial charge in [-0.2, -0.15) is 7.82 Å². The number of phosphoric acid groups is 1. The Morgan fingerprint density at radius 3 is 1.13 bits per heavy atom. The summed E-state index contributed by atoms with van der Waals surface area (Å²) in [6.45, 7) is 10.2. The molecule has 0 aliphatic carbocycles. The minimum Gasteiger partial charge on any atom is -0.822 e. The van der Waals surface area contributed by atoms with E-state index in [9.17, 15) is 0 Å². The number of carbonyl (C=O) groups is 1. The normalized spacial score (nSPS) is 9.60. The Hall–Kier alpha value is 2.06. The van der Waals surface area contributed by atoms with Gasteiger partial charge in [-0.05, 0) is 6.92 Å². The largest absolute Gasteiger partial charge is 1.00 e. The van der Waals surface area contributed by atoms with Gasteiger partial charge in [-0.15, -0.1) is 0 Å². The number of rotatable bonds is 0. The number of aliphatic carboxylic acids is 1. The van der Waals surface area contributed by atoms with E-state index in [-0.39, 0.29) is 79.0 Å². The maximum atomic E-state index is 8.89. The summed E-state index contributed by atoms with van der Waals surface area (Å²) in [6.07, 6.45) is 0. The molecule has 0 amide bonds. The molecule has 0 aliphatic heterocycles. The van der Waals surface area contributed by atoms with Crippen LogP contribution in [0.2, 0.25) is 0 Å². The van der Waals surface area contributed by atoms with Gasteiger partial charge in [0, 0.05) is 39.9 Å². The van der Waals surface area contributed by atoms with E-state index < -0.39 is 13.8 Å². The Balaban J connectivity index is -0.0000000247. The third-order valence-electron chi connectivity index (χ3n) is 0. The molecule has 0 aromatic heterocycles. The van der Waals surface area contributed by atoms with Crippen LogP contribution >= 0.6 is 15.1 Å². The third kappa shape index (κ3) is 747. The molecule has 0 atom stereocenters. The van der Waals surface area contributed by atoms with E-state index >= 15 is 0 Å². The van der Waals surface area contributed by atoms with Gasteiger partial charge in [0.05, 0.1) is 0 Å². The fourth-order valence-corrected chi connectivity index (χ4v) is 0. The SMILES string of the molecule is CC(=O)[O-].C[P+](C)(C)C.O=P([O-])([O-])[O-].[Cs+].[H+].[H+]. The van der Waals surface area contributed by atoms with Crippen molar-refractivity contribution in [3.63, 3.8) is 0 Å². The van der Waals surface area contributed by atoms with Gasteiger partial charge in [-0.25, -0.2) is 0 Å². The van der Waals surface area contributed by atoms with Crippen LogP contribution in [0, 0.1) is 0 Å². The van der Waals surface area contributed by atoms with Crippen molar-refractivity contribution in [3.8, 4) is 0 Å². The van der Waals surface area contributed by atoms with Crippen LogP contribution in [0.3, 0.4) is 0 Å². The smallest absolute Gasteiger partial charge is 0.822 e. The van der Waals surface area contributed by atoms with E-state index in [2.05, 4.69) is 26.7 Å². The molecule has 6 nitrogen and oxygen atoms in total. The summed E-state index contributed by atoms with van der Waals surface area (Å²) >= 11 is 0. The second-order valence-corrected chi connectivity index (χ2v) is 9.88. The van der Waals surface area contributed by atoms with Gasteiger partial charge < -0.3 is 29.1 Å². The molecule has 0 saturated carbocycles. The first-order valence-electron chi connectivity index (χ1n) is 3.43. The third-order valence-corrected chi connectivity index (χ3v) is 0. The Bertz CT molecular complexity index is 187. The fourth-order valence-electron chi connectivity index (χ4n) is 0. The van der Waals surface area contributed by atoms with Crippen molar-refractivity contribution in [1.29, 1.82) is 0 Å². The molecule has 0 saturated heterocycles. The number of carboxylic acids is 1. The Morgan fingerprint density at radius 2 is 1.13 bits per heavy atom. The molecule has 0 radical (unpaired) electrons. The van der Waals surface area contributed by atoms with Gasteiger partial charge in [0.25, 0.3) is 0 Å². The summed E-state index contributed by atoms with van der Waals surface area (Å²) in [7, 11) is -5.78. The Labute approximate surface area is 153 Å². The van der Waals surface area contributed by atoms with Gasteiger partial charge in [0.2, 0.25) is 0 Å². The molecular weight excluding hydrogens is 363 g/mol. The van der Waals surface area contributed by atoms with E-state index in [1.165, 1.54) is 0 Å². The molecule has 15 heavy (non-hydrogen) atoms.